The van der Waals surface area contributed by atoms with E-state index in [1.807, 2.05) is 0 Å². The normalized spacial score (nSPS) is 8.27. The lowest BCUT2D eigenvalue weighted by molar-refractivity contribution is -0.384. The minimum Gasteiger partial charge on any atom is -0.383 e. The summed E-state index contributed by atoms with van der Waals surface area (Å²) in [6, 6.07) is 6.15. The van der Waals surface area contributed by atoms with Crippen LogP contribution < -0.4 is 5.32 Å². The zero-order valence-electron chi connectivity index (χ0n) is 7.94. The number of anilines is 1. The van der Waals surface area contributed by atoms with Crippen LogP contribution >= 0.6 is 0 Å². The van der Waals surface area contributed by atoms with Crippen molar-refractivity contribution in [1.29, 1.82) is 5.26 Å². The van der Waals surface area contributed by atoms with Crippen molar-refractivity contribution >= 4 is 11.4 Å². The van der Waals surface area contributed by atoms with Crippen molar-refractivity contribution in [2.45, 2.75) is 0 Å². The Morgan fingerprint density at radius 3 is 2.80 bits per heavy atom. The minimum absolute atomic E-state index is 0.0535. The van der Waals surface area contributed by atoms with Gasteiger partial charge in [0, 0.05) is 24.6 Å². The minimum atomic E-state index is -0.497. The maximum Gasteiger partial charge on any atom is 0.293 e. The van der Waals surface area contributed by atoms with Gasteiger partial charge >= 0.3 is 0 Å². The van der Waals surface area contributed by atoms with Gasteiger partial charge in [0.1, 0.15) is 5.69 Å². The Morgan fingerprint density at radius 2 is 2.27 bits per heavy atom. The van der Waals surface area contributed by atoms with E-state index >= 15 is 0 Å². The van der Waals surface area contributed by atoms with Crippen LogP contribution in [0.25, 0.3) is 0 Å². The quantitative estimate of drug-likeness (QED) is 0.447. The zero-order valence-corrected chi connectivity index (χ0v) is 7.94. The fraction of sp³-hybridized carbons (Fsp3) is 0.100. The Bertz CT molecular complexity index is 492. The van der Waals surface area contributed by atoms with Crippen molar-refractivity contribution in [1.82, 2.24) is 0 Å². The molecule has 0 saturated heterocycles. The first-order valence-corrected chi connectivity index (χ1v) is 4.05. The van der Waals surface area contributed by atoms with Crippen LogP contribution in [0.15, 0.2) is 18.2 Å². The van der Waals surface area contributed by atoms with Crippen LogP contribution in [-0.4, -0.2) is 12.0 Å². The molecule has 0 radical (unpaired) electrons. The molecule has 5 heteroatoms. The first kappa shape index (κ1) is 10.6. The summed E-state index contributed by atoms with van der Waals surface area (Å²) in [4.78, 5) is 10.2. The lowest BCUT2D eigenvalue weighted by Gasteiger charge is -2.01. The van der Waals surface area contributed by atoms with Crippen molar-refractivity contribution in [2.24, 2.45) is 0 Å². The van der Waals surface area contributed by atoms with Crippen molar-refractivity contribution in [3.8, 4) is 17.9 Å². The number of nitro benzene ring substituents is 1. The van der Waals surface area contributed by atoms with Gasteiger partial charge in [0.05, 0.1) is 4.92 Å². The maximum atomic E-state index is 10.7. The van der Waals surface area contributed by atoms with Gasteiger partial charge in [-0.25, -0.2) is 0 Å². The van der Waals surface area contributed by atoms with Crippen molar-refractivity contribution in [3.05, 3.63) is 33.9 Å². The van der Waals surface area contributed by atoms with E-state index in [0.29, 0.717) is 11.3 Å². The molecule has 0 fully saturated rings. The van der Waals surface area contributed by atoms with Gasteiger partial charge in [-0.1, -0.05) is 5.92 Å². The van der Waals surface area contributed by atoms with E-state index in [9.17, 15) is 10.1 Å². The van der Waals surface area contributed by atoms with Gasteiger partial charge in [0.2, 0.25) is 0 Å². The number of benzene rings is 1. The van der Waals surface area contributed by atoms with E-state index in [0.717, 1.165) is 0 Å². The molecule has 0 bridgehead atoms. The van der Waals surface area contributed by atoms with Crippen molar-refractivity contribution in [2.75, 3.05) is 12.4 Å². The molecule has 1 aromatic carbocycles. The Labute approximate surface area is 86.5 Å². The van der Waals surface area contributed by atoms with Crippen LogP contribution in [0.3, 0.4) is 0 Å². The number of nitro groups is 1. The van der Waals surface area contributed by atoms with Crippen LogP contribution in [0.5, 0.6) is 0 Å². The molecule has 0 aromatic heterocycles. The molecule has 0 spiro atoms. The highest BCUT2D eigenvalue weighted by Crippen LogP contribution is 2.24. The first-order chi connectivity index (χ1) is 7.19. The lowest BCUT2D eigenvalue weighted by atomic mass is 10.2. The molecule has 0 heterocycles. The number of hydrogen-bond donors (Lipinski definition) is 1. The Kier molecular flexibility index (Phi) is 3.26. The third kappa shape index (κ3) is 2.45. The fourth-order valence-electron chi connectivity index (χ4n) is 1.07. The highest BCUT2D eigenvalue weighted by Gasteiger charge is 2.12. The predicted octanol–water partition coefficient (Wildman–Crippen LogP) is 1.51. The van der Waals surface area contributed by atoms with Crippen LogP contribution in [0.4, 0.5) is 11.4 Å². The molecule has 0 atom stereocenters. The van der Waals surface area contributed by atoms with E-state index in [-0.39, 0.29) is 5.69 Å². The fourth-order valence-corrected chi connectivity index (χ4v) is 1.07. The Morgan fingerprint density at radius 1 is 1.53 bits per heavy atom. The molecule has 0 amide bonds. The van der Waals surface area contributed by atoms with Gasteiger partial charge < -0.3 is 5.32 Å². The Hall–Kier alpha value is -2.53. The van der Waals surface area contributed by atoms with E-state index in [1.165, 1.54) is 6.07 Å². The summed E-state index contributed by atoms with van der Waals surface area (Å²) in [5, 5.41) is 21.6. The Balaban J connectivity index is 3.23. The number of hydrogen-bond acceptors (Lipinski definition) is 4. The number of nitrogens with one attached hydrogen (secondary N) is 1. The molecule has 0 unspecified atom stereocenters. The van der Waals surface area contributed by atoms with E-state index < -0.39 is 4.92 Å². The van der Waals surface area contributed by atoms with Gasteiger partial charge in [0.25, 0.3) is 5.69 Å². The molecule has 0 aliphatic heterocycles. The summed E-state index contributed by atoms with van der Waals surface area (Å²) in [5.41, 5.74) is 0.812. The molecular formula is C10H7N3O2. The van der Waals surface area contributed by atoms with E-state index in [4.69, 9.17) is 5.26 Å². The second kappa shape index (κ2) is 4.64. The SMILES string of the molecule is CNc1ccc(C#CC#N)cc1[N+](=O)[O-]. The molecule has 1 aromatic rings. The van der Waals surface area contributed by atoms with E-state index in [1.54, 1.807) is 25.2 Å². The third-order valence-corrected chi connectivity index (χ3v) is 1.73. The summed E-state index contributed by atoms with van der Waals surface area (Å²) in [6.07, 6.45) is 0. The molecule has 1 rings (SSSR count). The van der Waals surface area contributed by atoms with Crippen molar-refractivity contribution < 1.29 is 4.92 Å². The van der Waals surface area contributed by atoms with Crippen LogP contribution in [0, 0.1) is 33.3 Å². The summed E-state index contributed by atoms with van der Waals surface area (Å²) in [6.45, 7) is 0. The van der Waals surface area contributed by atoms with Crippen LogP contribution in [0.2, 0.25) is 0 Å². The molecule has 74 valence electrons. The molecule has 5 nitrogen and oxygen atoms in total. The summed E-state index contributed by atoms with van der Waals surface area (Å²) >= 11 is 0. The van der Waals surface area contributed by atoms with Gasteiger partial charge in [-0.3, -0.25) is 10.1 Å². The number of rotatable bonds is 2. The summed E-state index contributed by atoms with van der Waals surface area (Å²) in [5.74, 6) is 4.68. The highest BCUT2D eigenvalue weighted by atomic mass is 16.6. The van der Waals surface area contributed by atoms with Gasteiger partial charge in [-0.15, -0.1) is 0 Å². The predicted molar refractivity (Wildman–Crippen MR) is 55.1 cm³/mol. The molecular weight excluding hydrogens is 194 g/mol. The van der Waals surface area contributed by atoms with Crippen molar-refractivity contribution in [3.63, 3.8) is 0 Å². The first-order valence-electron chi connectivity index (χ1n) is 4.05. The highest BCUT2D eigenvalue weighted by molar-refractivity contribution is 5.64. The molecule has 0 aliphatic rings. The lowest BCUT2D eigenvalue weighted by Crippen LogP contribution is -1.96. The van der Waals surface area contributed by atoms with E-state index in [2.05, 4.69) is 17.2 Å². The monoisotopic (exact) mass is 201 g/mol. The topological polar surface area (TPSA) is 79.0 Å². The average molecular weight is 201 g/mol. The molecule has 0 saturated carbocycles. The summed E-state index contributed by atoms with van der Waals surface area (Å²) in [7, 11) is 1.60. The molecule has 0 aliphatic carbocycles. The standard InChI is InChI=1S/C10H7N3O2/c1-12-9-5-4-8(3-2-6-11)7-10(9)13(14)15/h4-5,7,12H,1H3. The zero-order chi connectivity index (χ0) is 11.3. The smallest absolute Gasteiger partial charge is 0.293 e. The molecule has 1 N–H and O–H groups in total. The number of nitrogens with zero attached hydrogens (tertiary/aromatic N) is 2. The number of nitriles is 1. The average Bonchev–Trinajstić information content (AvgIpc) is 2.25. The maximum absolute atomic E-state index is 10.7. The van der Waals surface area contributed by atoms with Gasteiger partial charge in [0.15, 0.2) is 6.07 Å². The second-order valence-corrected chi connectivity index (χ2v) is 2.60. The second-order valence-electron chi connectivity index (χ2n) is 2.60. The van der Waals surface area contributed by atoms with Crippen LogP contribution in [0.1, 0.15) is 5.56 Å². The third-order valence-electron chi connectivity index (χ3n) is 1.73. The van der Waals surface area contributed by atoms with Gasteiger partial charge in [-0.05, 0) is 12.1 Å². The van der Waals surface area contributed by atoms with Gasteiger partial charge in [-0.2, -0.15) is 5.26 Å². The summed E-state index contributed by atoms with van der Waals surface area (Å²) < 4.78 is 0. The largest absolute Gasteiger partial charge is 0.383 e. The molecule has 15 heavy (non-hydrogen) atoms. The van der Waals surface area contributed by atoms with Crippen LogP contribution in [-0.2, 0) is 0 Å².